The van der Waals surface area contributed by atoms with Gasteiger partial charge in [-0.1, -0.05) is 32.6 Å². The van der Waals surface area contributed by atoms with Crippen LogP contribution in [0.4, 0.5) is 0 Å². The van der Waals surface area contributed by atoms with Crippen LogP contribution < -0.4 is 5.73 Å². The molecule has 0 spiro atoms. The summed E-state index contributed by atoms with van der Waals surface area (Å²) in [5, 5.41) is 9.53. The molecule has 1 radical (unpaired) electrons. The summed E-state index contributed by atoms with van der Waals surface area (Å²) in [4.78, 5) is 0. The van der Waals surface area contributed by atoms with Gasteiger partial charge < -0.3 is 0 Å². The molecule has 20 heavy (non-hydrogen) atoms. The van der Waals surface area contributed by atoms with Gasteiger partial charge in [-0.2, -0.15) is 0 Å². The predicted octanol–water partition coefficient (Wildman–Crippen LogP) is 3.79. The fraction of sp³-hybridized carbons (Fsp3) is 0.882. The Hall–Kier alpha value is 0.530. The zero-order valence-electron chi connectivity index (χ0n) is 13.5. The Morgan fingerprint density at radius 1 is 0.900 bits per heavy atom. The van der Waals surface area contributed by atoms with Crippen LogP contribution in [0.15, 0.2) is 12.2 Å². The van der Waals surface area contributed by atoms with Crippen LogP contribution in [0.2, 0.25) is 0 Å². The number of unbranched alkanes of at least 4 members (excludes halogenated alkanes) is 11. The first-order valence-corrected chi connectivity index (χ1v) is 10.9. The number of nitrogens with two attached hydrogens (primary N) is 1. The van der Waals surface area contributed by atoms with E-state index in [9.17, 15) is 5.11 Å². The van der Waals surface area contributed by atoms with Crippen LogP contribution in [0.3, 0.4) is 0 Å². The number of aliphatic hydroxyl groups excluding tert-OH is 1. The van der Waals surface area contributed by atoms with E-state index in [0.717, 1.165) is 6.42 Å². The molecule has 0 bridgehead atoms. The van der Waals surface area contributed by atoms with Crippen molar-refractivity contribution in [3.05, 3.63) is 12.2 Å². The van der Waals surface area contributed by atoms with Gasteiger partial charge in [-0.05, 0) is 0 Å². The molecule has 0 aromatic heterocycles. The van der Waals surface area contributed by atoms with Crippen molar-refractivity contribution in [2.45, 2.75) is 93.9 Å². The third kappa shape index (κ3) is 14.9. The Kier molecular flexibility index (Phi) is 16.3. The molecule has 117 valence electrons. The Morgan fingerprint density at radius 3 is 1.80 bits per heavy atom. The molecular formula is C17H35InNO. The Morgan fingerprint density at radius 2 is 1.35 bits per heavy atom. The molecule has 0 rings (SSSR count). The molecule has 0 aliphatic rings. The molecule has 0 aromatic rings. The first kappa shape index (κ1) is 20.5. The van der Waals surface area contributed by atoms with Gasteiger partial charge in [-0.3, -0.25) is 0 Å². The average molecular weight is 384 g/mol. The van der Waals surface area contributed by atoms with E-state index in [1.165, 1.54) is 70.6 Å². The van der Waals surface area contributed by atoms with Crippen LogP contribution >= 0.6 is 0 Å². The topological polar surface area (TPSA) is 46.2 Å². The van der Waals surface area contributed by atoms with Crippen LogP contribution in [0, 0.1) is 0 Å². The summed E-state index contributed by atoms with van der Waals surface area (Å²) in [5.41, 5.74) is 5.66. The van der Waals surface area contributed by atoms with Crippen LogP contribution in [-0.2, 0) is 0 Å². The fourth-order valence-electron chi connectivity index (χ4n) is 2.30. The minimum atomic E-state index is -0.408. The van der Waals surface area contributed by atoms with Crippen molar-refractivity contribution in [1.82, 2.24) is 0 Å². The summed E-state index contributed by atoms with van der Waals surface area (Å²) in [7, 11) is 0. The second kappa shape index (κ2) is 15.9. The molecule has 0 unspecified atom stereocenters. The first-order chi connectivity index (χ1) is 9.68. The van der Waals surface area contributed by atoms with Crippen molar-refractivity contribution in [2.75, 3.05) is 0 Å². The van der Waals surface area contributed by atoms with Crippen molar-refractivity contribution in [3.8, 4) is 0 Å². The molecule has 2 atom stereocenters. The molecule has 3 N–H and O–H groups in total. The number of hydrogen-bond donors (Lipinski definition) is 2. The van der Waals surface area contributed by atoms with Crippen LogP contribution in [-0.4, -0.2) is 39.4 Å². The summed E-state index contributed by atoms with van der Waals surface area (Å²) in [6, 6.07) is 0. The van der Waals surface area contributed by atoms with Crippen LogP contribution in [0.25, 0.3) is 0 Å². The zero-order chi connectivity index (χ0) is 15.1. The summed E-state index contributed by atoms with van der Waals surface area (Å²) >= 11 is 0.631. The van der Waals surface area contributed by atoms with Gasteiger partial charge in [0, 0.05) is 0 Å². The molecule has 0 saturated carbocycles. The van der Waals surface area contributed by atoms with Crippen molar-refractivity contribution in [1.29, 1.82) is 0 Å². The quantitative estimate of drug-likeness (QED) is 0.354. The van der Waals surface area contributed by atoms with Gasteiger partial charge in [0.15, 0.2) is 0 Å². The number of hydrogen-bond acceptors (Lipinski definition) is 2. The van der Waals surface area contributed by atoms with E-state index in [0.29, 0.717) is 24.4 Å². The number of allylic oxidation sites excluding steroid dienone is 1. The molecule has 0 heterocycles. The van der Waals surface area contributed by atoms with Crippen molar-refractivity contribution < 1.29 is 5.11 Å². The van der Waals surface area contributed by atoms with Crippen molar-refractivity contribution >= 4 is 24.4 Å². The second-order valence-corrected chi connectivity index (χ2v) is 8.60. The van der Waals surface area contributed by atoms with Gasteiger partial charge in [0.05, 0.1) is 0 Å². The molecule has 0 fully saturated rings. The SMILES string of the molecule is CCCCCCCCCCCCC/C=C/[C@@H](O)[C@@H](N)[InH]. The van der Waals surface area contributed by atoms with E-state index in [-0.39, 0.29) is 3.80 Å². The molecule has 0 saturated heterocycles. The zero-order valence-corrected chi connectivity index (χ0v) is 17.6. The van der Waals surface area contributed by atoms with E-state index in [2.05, 4.69) is 13.0 Å². The standard InChI is InChI=1S/C17H34NO.In.H/c1-2-3-4-5-6-7-8-9-10-11-12-13-14-15-17(19)16-18;;/h14-17,19H,2-13,18H2,1H3;;/b15-14+;;/t17-;;/m1../s1. The molecule has 0 amide bonds. The van der Waals surface area contributed by atoms with Gasteiger partial charge in [0.2, 0.25) is 0 Å². The van der Waals surface area contributed by atoms with Crippen LogP contribution in [0.1, 0.15) is 84.0 Å². The van der Waals surface area contributed by atoms with E-state index in [1.807, 2.05) is 6.08 Å². The van der Waals surface area contributed by atoms with Crippen molar-refractivity contribution in [2.24, 2.45) is 5.73 Å². The third-order valence-corrected chi connectivity index (χ3v) is 5.12. The van der Waals surface area contributed by atoms with Gasteiger partial charge in [-0.25, -0.2) is 0 Å². The fourth-order valence-corrected chi connectivity index (χ4v) is 2.75. The summed E-state index contributed by atoms with van der Waals surface area (Å²) in [6.07, 6.45) is 19.9. The van der Waals surface area contributed by atoms with E-state index >= 15 is 0 Å². The molecule has 3 heteroatoms. The molecule has 2 nitrogen and oxygen atoms in total. The number of rotatable bonds is 14. The van der Waals surface area contributed by atoms with Gasteiger partial charge in [0.1, 0.15) is 0 Å². The van der Waals surface area contributed by atoms with E-state index in [4.69, 9.17) is 5.73 Å². The third-order valence-electron chi connectivity index (χ3n) is 3.75. The Labute approximate surface area is 141 Å². The molecule has 0 aliphatic heterocycles. The van der Waals surface area contributed by atoms with Gasteiger partial charge >= 0.3 is 109 Å². The summed E-state index contributed by atoms with van der Waals surface area (Å²) in [6.45, 7) is 2.27. The van der Waals surface area contributed by atoms with Gasteiger partial charge in [-0.15, -0.1) is 0 Å². The second-order valence-electron chi connectivity index (χ2n) is 5.91. The van der Waals surface area contributed by atoms with E-state index < -0.39 is 6.10 Å². The Balaban J connectivity index is 3.13. The summed E-state index contributed by atoms with van der Waals surface area (Å²) < 4.78 is 0.00664. The predicted molar refractivity (Wildman–Crippen MR) is 91.3 cm³/mol. The molecule has 0 aromatic carbocycles. The van der Waals surface area contributed by atoms with Crippen LogP contribution in [0.5, 0.6) is 0 Å². The molecule has 0 aliphatic carbocycles. The minimum absolute atomic E-state index is 0.00664. The first-order valence-electron chi connectivity index (χ1n) is 8.62. The van der Waals surface area contributed by atoms with Crippen molar-refractivity contribution in [3.63, 3.8) is 0 Å². The number of aliphatic hydroxyl groups is 1. The monoisotopic (exact) mass is 384 g/mol. The average Bonchev–Trinajstić information content (AvgIpc) is 2.43. The summed E-state index contributed by atoms with van der Waals surface area (Å²) in [5.74, 6) is 0. The maximum absolute atomic E-state index is 9.53. The van der Waals surface area contributed by atoms with Gasteiger partial charge in [0.25, 0.3) is 0 Å². The Bertz CT molecular complexity index is 219. The normalized spacial score (nSPS) is 14.8. The maximum atomic E-state index is 9.53. The van der Waals surface area contributed by atoms with E-state index in [1.54, 1.807) is 0 Å². The molecular weight excluding hydrogens is 349 g/mol.